The summed E-state index contributed by atoms with van der Waals surface area (Å²) in [5.74, 6) is 1.60. The molecule has 1 saturated heterocycles. The maximum absolute atomic E-state index is 4.73. The lowest BCUT2D eigenvalue weighted by Crippen LogP contribution is -2.46. The van der Waals surface area contributed by atoms with Gasteiger partial charge in [0.15, 0.2) is 5.82 Å². The molecule has 4 aromatic rings. The monoisotopic (exact) mass is 381 g/mol. The summed E-state index contributed by atoms with van der Waals surface area (Å²) in [7, 11) is 0. The minimum atomic E-state index is 0.728. The third-order valence-electron chi connectivity index (χ3n) is 5.55. The lowest BCUT2D eigenvalue weighted by Gasteiger charge is -2.37. The fourth-order valence-electron chi connectivity index (χ4n) is 3.94. The van der Waals surface area contributed by atoms with Gasteiger partial charge in [0, 0.05) is 37.4 Å². The molecule has 0 unspecified atom stereocenters. The quantitative estimate of drug-likeness (QED) is 0.527. The second-order valence-electron chi connectivity index (χ2n) is 7.27. The van der Waals surface area contributed by atoms with Crippen molar-refractivity contribution in [2.45, 2.75) is 0 Å². The number of anilines is 1. The van der Waals surface area contributed by atoms with Crippen LogP contribution in [0.5, 0.6) is 0 Å². The van der Waals surface area contributed by atoms with Crippen LogP contribution < -0.4 is 4.90 Å². The average Bonchev–Trinajstić information content (AvgIpc) is 3.29. The number of fused-ring (bicyclic) bond motifs is 1. The molecule has 0 saturated carbocycles. The topological polar surface area (TPSA) is 37.2 Å². The van der Waals surface area contributed by atoms with Gasteiger partial charge >= 0.3 is 0 Å². The Bertz CT molecular complexity index is 1130. The Morgan fingerprint density at radius 3 is 2.34 bits per heavy atom. The Labute approximate surface area is 170 Å². The van der Waals surface area contributed by atoms with Gasteiger partial charge in [0.25, 0.3) is 0 Å². The van der Waals surface area contributed by atoms with Crippen LogP contribution in [0.25, 0.3) is 28.0 Å². The molecule has 0 radical (unpaired) electrons. The molecule has 29 heavy (non-hydrogen) atoms. The van der Waals surface area contributed by atoms with E-state index in [-0.39, 0.29) is 0 Å². The van der Waals surface area contributed by atoms with E-state index >= 15 is 0 Å². The predicted molar refractivity (Wildman–Crippen MR) is 119 cm³/mol. The SMILES string of the molecule is C=C(N1CCN(c2ccccc2)CC1)n1cnc(-c2cccc3ccccc23)n1. The summed E-state index contributed by atoms with van der Waals surface area (Å²) >= 11 is 0. The molecule has 1 fully saturated rings. The second kappa shape index (κ2) is 7.43. The first-order valence-corrected chi connectivity index (χ1v) is 9.93. The van der Waals surface area contributed by atoms with Crippen molar-refractivity contribution in [1.29, 1.82) is 0 Å². The van der Waals surface area contributed by atoms with E-state index in [0.29, 0.717) is 0 Å². The first-order valence-electron chi connectivity index (χ1n) is 9.93. The lowest BCUT2D eigenvalue weighted by atomic mass is 10.0. The summed E-state index contributed by atoms with van der Waals surface area (Å²) in [5.41, 5.74) is 2.32. The Hall–Kier alpha value is -3.60. The minimum Gasteiger partial charge on any atom is -0.368 e. The molecule has 1 aromatic heterocycles. The first-order chi connectivity index (χ1) is 14.3. The van der Waals surface area contributed by atoms with Gasteiger partial charge in [-0.15, -0.1) is 5.10 Å². The molecule has 3 aromatic carbocycles. The van der Waals surface area contributed by atoms with E-state index in [1.54, 1.807) is 11.0 Å². The highest BCUT2D eigenvalue weighted by Crippen LogP contribution is 2.26. The van der Waals surface area contributed by atoms with E-state index in [0.717, 1.165) is 48.8 Å². The summed E-state index contributed by atoms with van der Waals surface area (Å²) < 4.78 is 1.80. The van der Waals surface area contributed by atoms with E-state index in [2.05, 4.69) is 88.1 Å². The van der Waals surface area contributed by atoms with E-state index < -0.39 is 0 Å². The fourth-order valence-corrected chi connectivity index (χ4v) is 3.94. The van der Waals surface area contributed by atoms with Crippen molar-refractivity contribution in [3.05, 3.63) is 85.7 Å². The molecule has 0 aliphatic carbocycles. The number of benzene rings is 3. The van der Waals surface area contributed by atoms with Crippen LogP contribution in [0.4, 0.5) is 5.69 Å². The Balaban J connectivity index is 1.33. The second-order valence-corrected chi connectivity index (χ2v) is 7.27. The molecule has 5 heteroatoms. The molecule has 144 valence electrons. The molecule has 0 bridgehead atoms. The maximum Gasteiger partial charge on any atom is 0.182 e. The van der Waals surface area contributed by atoms with Gasteiger partial charge < -0.3 is 9.80 Å². The molecule has 1 aliphatic rings. The maximum atomic E-state index is 4.73. The van der Waals surface area contributed by atoms with Gasteiger partial charge in [0.1, 0.15) is 12.1 Å². The number of para-hydroxylation sites is 1. The van der Waals surface area contributed by atoms with E-state index in [1.165, 1.54) is 11.1 Å². The molecule has 0 atom stereocenters. The van der Waals surface area contributed by atoms with Crippen molar-refractivity contribution in [3.8, 4) is 11.4 Å². The average molecular weight is 381 g/mol. The Morgan fingerprint density at radius 1 is 0.793 bits per heavy atom. The Kier molecular flexibility index (Phi) is 4.48. The van der Waals surface area contributed by atoms with Crippen LogP contribution in [-0.2, 0) is 0 Å². The summed E-state index contributed by atoms with van der Waals surface area (Å²) in [6.07, 6.45) is 1.77. The number of piperazine rings is 1. The standard InChI is InChI=1S/C24H23N5/c1-19(27-14-16-28(17-15-27)21-10-3-2-4-11-21)29-18-25-24(26-29)23-13-7-9-20-8-5-6-12-22(20)23/h2-13,18H,1,14-17H2. The summed E-state index contributed by atoms with van der Waals surface area (Å²) in [4.78, 5) is 9.26. The lowest BCUT2D eigenvalue weighted by molar-refractivity contribution is 0.348. The highest BCUT2D eigenvalue weighted by molar-refractivity contribution is 5.94. The van der Waals surface area contributed by atoms with Crippen LogP contribution in [0.3, 0.4) is 0 Å². The summed E-state index contributed by atoms with van der Waals surface area (Å²) in [6, 6.07) is 25.1. The van der Waals surface area contributed by atoms with Gasteiger partial charge in [0.05, 0.1) is 0 Å². The van der Waals surface area contributed by atoms with E-state index in [1.807, 2.05) is 6.07 Å². The summed E-state index contributed by atoms with van der Waals surface area (Å²) in [5, 5.41) is 7.09. The molecule has 5 nitrogen and oxygen atoms in total. The zero-order valence-corrected chi connectivity index (χ0v) is 16.3. The first kappa shape index (κ1) is 17.5. The van der Waals surface area contributed by atoms with E-state index in [4.69, 9.17) is 5.10 Å². The smallest absolute Gasteiger partial charge is 0.182 e. The number of nitrogens with zero attached hydrogens (tertiary/aromatic N) is 5. The normalized spacial score (nSPS) is 14.3. The molecule has 2 heterocycles. The van der Waals surface area contributed by atoms with Crippen LogP contribution >= 0.6 is 0 Å². The highest BCUT2D eigenvalue weighted by Gasteiger charge is 2.20. The molecular formula is C24H23N5. The summed E-state index contributed by atoms with van der Waals surface area (Å²) in [6.45, 7) is 8.04. The van der Waals surface area contributed by atoms with Crippen molar-refractivity contribution in [2.24, 2.45) is 0 Å². The zero-order valence-electron chi connectivity index (χ0n) is 16.3. The van der Waals surface area contributed by atoms with Crippen LogP contribution in [0.1, 0.15) is 0 Å². The van der Waals surface area contributed by atoms with Gasteiger partial charge in [-0.05, 0) is 22.9 Å². The molecule has 5 rings (SSSR count). The molecule has 0 N–H and O–H groups in total. The van der Waals surface area contributed by atoms with Crippen molar-refractivity contribution < 1.29 is 0 Å². The molecule has 1 aliphatic heterocycles. The minimum absolute atomic E-state index is 0.728. The van der Waals surface area contributed by atoms with Gasteiger partial charge in [-0.2, -0.15) is 0 Å². The Morgan fingerprint density at radius 2 is 1.52 bits per heavy atom. The van der Waals surface area contributed by atoms with Crippen molar-refractivity contribution in [3.63, 3.8) is 0 Å². The van der Waals surface area contributed by atoms with Crippen molar-refractivity contribution in [2.75, 3.05) is 31.1 Å². The largest absolute Gasteiger partial charge is 0.368 e. The zero-order chi connectivity index (χ0) is 19.6. The number of hydrogen-bond donors (Lipinski definition) is 0. The van der Waals surface area contributed by atoms with Crippen LogP contribution in [-0.4, -0.2) is 45.8 Å². The number of aromatic nitrogens is 3. The molecular weight excluding hydrogens is 358 g/mol. The molecule has 0 spiro atoms. The van der Waals surface area contributed by atoms with Gasteiger partial charge in [0.2, 0.25) is 0 Å². The number of rotatable bonds is 4. The van der Waals surface area contributed by atoms with Crippen LogP contribution in [0, 0.1) is 0 Å². The fraction of sp³-hybridized carbons (Fsp3) is 0.167. The predicted octanol–water partition coefficient (Wildman–Crippen LogP) is 4.35. The third kappa shape index (κ3) is 3.36. The van der Waals surface area contributed by atoms with Crippen LogP contribution in [0.15, 0.2) is 85.7 Å². The van der Waals surface area contributed by atoms with Gasteiger partial charge in [-0.25, -0.2) is 9.67 Å². The van der Waals surface area contributed by atoms with Gasteiger partial charge in [-0.3, -0.25) is 0 Å². The van der Waals surface area contributed by atoms with E-state index in [9.17, 15) is 0 Å². The highest BCUT2D eigenvalue weighted by atomic mass is 15.4. The van der Waals surface area contributed by atoms with Gasteiger partial charge in [-0.1, -0.05) is 67.2 Å². The van der Waals surface area contributed by atoms with Crippen molar-refractivity contribution >= 4 is 22.3 Å². The molecule has 0 amide bonds. The third-order valence-corrected chi connectivity index (χ3v) is 5.55. The van der Waals surface area contributed by atoms with Crippen molar-refractivity contribution in [1.82, 2.24) is 19.7 Å². The number of hydrogen-bond acceptors (Lipinski definition) is 4. The van der Waals surface area contributed by atoms with Crippen LogP contribution in [0.2, 0.25) is 0 Å².